The summed E-state index contributed by atoms with van der Waals surface area (Å²) in [6, 6.07) is 0. The Bertz CT molecular complexity index is 213. The Morgan fingerprint density at radius 2 is 1.86 bits per heavy atom. The van der Waals surface area contributed by atoms with Crippen LogP contribution in [0.5, 0.6) is 0 Å². The standard InChI is InChI=1S/C9H17NO4/c1-8(11)14-7-6-10(2,3)5-4-9(12)13/h4-7H2,1-3H3/p+1. The molecule has 5 nitrogen and oxygen atoms in total. The van der Waals surface area contributed by atoms with Crippen LogP contribution in [0.4, 0.5) is 0 Å². The molecule has 0 aromatic rings. The summed E-state index contributed by atoms with van der Waals surface area (Å²) < 4.78 is 5.32. The summed E-state index contributed by atoms with van der Waals surface area (Å²) in [5, 5.41) is 8.50. The highest BCUT2D eigenvalue weighted by molar-refractivity contribution is 5.66. The summed E-state index contributed by atoms with van der Waals surface area (Å²) in [5.74, 6) is -1.10. The van der Waals surface area contributed by atoms with Crippen molar-refractivity contribution in [1.82, 2.24) is 0 Å². The molecule has 0 aromatic heterocycles. The van der Waals surface area contributed by atoms with Gasteiger partial charge in [-0.1, -0.05) is 0 Å². The van der Waals surface area contributed by atoms with Crippen LogP contribution in [-0.4, -0.2) is 55.3 Å². The lowest BCUT2D eigenvalue weighted by Gasteiger charge is -2.28. The van der Waals surface area contributed by atoms with Crippen molar-refractivity contribution >= 4 is 11.9 Å². The second-order valence-corrected chi connectivity index (χ2v) is 3.87. The van der Waals surface area contributed by atoms with E-state index < -0.39 is 5.97 Å². The van der Waals surface area contributed by atoms with Gasteiger partial charge in [0.2, 0.25) is 0 Å². The molecule has 0 bridgehead atoms. The van der Waals surface area contributed by atoms with Gasteiger partial charge in [-0.05, 0) is 0 Å². The number of likely N-dealkylation sites (N-methyl/N-ethyl adjacent to an activating group) is 1. The average molecular weight is 204 g/mol. The lowest BCUT2D eigenvalue weighted by molar-refractivity contribution is -0.889. The highest BCUT2D eigenvalue weighted by atomic mass is 16.5. The van der Waals surface area contributed by atoms with Crippen LogP contribution < -0.4 is 0 Å². The fraction of sp³-hybridized carbons (Fsp3) is 0.778. The molecule has 0 unspecified atom stereocenters. The zero-order valence-electron chi connectivity index (χ0n) is 8.95. The number of rotatable bonds is 6. The molecule has 0 aromatic carbocycles. The zero-order valence-corrected chi connectivity index (χ0v) is 8.95. The summed E-state index contributed by atoms with van der Waals surface area (Å²) in [5.41, 5.74) is 0. The topological polar surface area (TPSA) is 63.6 Å². The van der Waals surface area contributed by atoms with Gasteiger partial charge in [0, 0.05) is 6.92 Å². The highest BCUT2D eigenvalue weighted by Gasteiger charge is 2.16. The summed E-state index contributed by atoms with van der Waals surface area (Å²) in [4.78, 5) is 20.8. The minimum atomic E-state index is -0.802. The van der Waals surface area contributed by atoms with E-state index in [4.69, 9.17) is 9.84 Å². The number of esters is 1. The van der Waals surface area contributed by atoms with Gasteiger partial charge >= 0.3 is 11.9 Å². The Morgan fingerprint density at radius 1 is 1.29 bits per heavy atom. The van der Waals surface area contributed by atoms with Crippen molar-refractivity contribution in [3.05, 3.63) is 0 Å². The van der Waals surface area contributed by atoms with E-state index in [2.05, 4.69) is 0 Å². The van der Waals surface area contributed by atoms with Crippen LogP contribution in [0.25, 0.3) is 0 Å². The third kappa shape index (κ3) is 7.54. The summed E-state index contributed by atoms with van der Waals surface area (Å²) in [6.07, 6.45) is 0.132. The maximum atomic E-state index is 10.5. The van der Waals surface area contributed by atoms with Gasteiger partial charge in [-0.2, -0.15) is 0 Å². The predicted molar refractivity (Wildman–Crippen MR) is 50.7 cm³/mol. The van der Waals surface area contributed by atoms with E-state index in [1.807, 2.05) is 14.1 Å². The van der Waals surface area contributed by atoms with Crippen molar-refractivity contribution in [3.8, 4) is 0 Å². The summed E-state index contributed by atoms with van der Waals surface area (Å²) in [6.45, 7) is 2.86. The molecule has 5 heteroatoms. The average Bonchev–Trinajstić information content (AvgIpc) is 2.00. The van der Waals surface area contributed by atoms with Gasteiger partial charge in [0.15, 0.2) is 0 Å². The monoisotopic (exact) mass is 204 g/mol. The number of carbonyl (C=O) groups excluding carboxylic acids is 1. The maximum absolute atomic E-state index is 10.5. The number of carbonyl (C=O) groups is 2. The molecule has 0 radical (unpaired) electrons. The van der Waals surface area contributed by atoms with Crippen LogP contribution in [-0.2, 0) is 14.3 Å². The largest absolute Gasteiger partial charge is 0.481 e. The predicted octanol–water partition coefficient (Wildman–Crippen LogP) is 0.101. The molecule has 0 aliphatic rings. The Hall–Kier alpha value is -1.10. The van der Waals surface area contributed by atoms with Crippen molar-refractivity contribution in [2.75, 3.05) is 33.8 Å². The molecule has 14 heavy (non-hydrogen) atoms. The van der Waals surface area contributed by atoms with Crippen molar-refractivity contribution in [2.45, 2.75) is 13.3 Å². The normalized spacial score (nSPS) is 11.1. The number of quaternary nitrogens is 1. The molecular weight excluding hydrogens is 186 g/mol. The summed E-state index contributed by atoms with van der Waals surface area (Å²) in [7, 11) is 3.82. The van der Waals surface area contributed by atoms with Gasteiger partial charge in [-0.3, -0.25) is 9.59 Å². The number of carboxylic acids is 1. The number of nitrogens with zero attached hydrogens (tertiary/aromatic N) is 1. The minimum Gasteiger partial charge on any atom is -0.481 e. The van der Waals surface area contributed by atoms with E-state index in [1.165, 1.54) is 6.92 Å². The molecule has 0 atom stereocenters. The molecule has 0 heterocycles. The number of carboxylic acid groups (broad SMARTS) is 1. The molecule has 1 N–H and O–H groups in total. The lowest BCUT2D eigenvalue weighted by atomic mass is 10.3. The van der Waals surface area contributed by atoms with Crippen LogP contribution in [0, 0.1) is 0 Å². The van der Waals surface area contributed by atoms with E-state index in [0.29, 0.717) is 24.2 Å². The van der Waals surface area contributed by atoms with E-state index in [-0.39, 0.29) is 12.4 Å². The molecular formula is C9H18NO4+. The molecule has 0 aliphatic heterocycles. The fourth-order valence-corrected chi connectivity index (χ4v) is 0.947. The maximum Gasteiger partial charge on any atom is 0.309 e. The Balaban J connectivity index is 3.71. The molecule has 0 fully saturated rings. The Morgan fingerprint density at radius 3 is 2.29 bits per heavy atom. The van der Waals surface area contributed by atoms with Crippen LogP contribution in [0.3, 0.4) is 0 Å². The van der Waals surface area contributed by atoms with Gasteiger partial charge in [0.05, 0.1) is 27.1 Å². The molecule has 0 rings (SSSR count). The lowest BCUT2D eigenvalue weighted by Crippen LogP contribution is -2.43. The summed E-state index contributed by atoms with van der Waals surface area (Å²) >= 11 is 0. The Labute approximate surface area is 83.9 Å². The third-order valence-corrected chi connectivity index (χ3v) is 1.93. The van der Waals surface area contributed by atoms with Gasteiger partial charge < -0.3 is 14.3 Å². The Kier molecular flexibility index (Phi) is 5.15. The third-order valence-electron chi connectivity index (χ3n) is 1.93. The van der Waals surface area contributed by atoms with Crippen LogP contribution in [0.2, 0.25) is 0 Å². The minimum absolute atomic E-state index is 0.132. The first kappa shape index (κ1) is 12.9. The van der Waals surface area contributed by atoms with E-state index in [1.54, 1.807) is 0 Å². The van der Waals surface area contributed by atoms with Crippen LogP contribution in [0.1, 0.15) is 13.3 Å². The van der Waals surface area contributed by atoms with Gasteiger partial charge in [0.25, 0.3) is 0 Å². The fourth-order valence-electron chi connectivity index (χ4n) is 0.947. The zero-order chi connectivity index (χ0) is 11.2. The number of hydrogen-bond acceptors (Lipinski definition) is 3. The van der Waals surface area contributed by atoms with E-state index in [0.717, 1.165) is 0 Å². The van der Waals surface area contributed by atoms with Crippen molar-refractivity contribution < 1.29 is 23.9 Å². The van der Waals surface area contributed by atoms with E-state index >= 15 is 0 Å². The van der Waals surface area contributed by atoms with E-state index in [9.17, 15) is 9.59 Å². The SMILES string of the molecule is CC(=O)OCC[N+](C)(C)CCC(=O)O. The smallest absolute Gasteiger partial charge is 0.309 e. The quantitative estimate of drug-likeness (QED) is 0.492. The first-order valence-corrected chi connectivity index (χ1v) is 4.51. The second kappa shape index (κ2) is 5.59. The van der Waals surface area contributed by atoms with Crippen LogP contribution in [0.15, 0.2) is 0 Å². The van der Waals surface area contributed by atoms with Crippen LogP contribution >= 0.6 is 0 Å². The molecule has 82 valence electrons. The van der Waals surface area contributed by atoms with Gasteiger partial charge in [-0.25, -0.2) is 0 Å². The molecule has 0 spiro atoms. The number of ether oxygens (including phenoxy) is 1. The first-order chi connectivity index (χ1) is 6.33. The highest BCUT2D eigenvalue weighted by Crippen LogP contribution is 1.99. The molecule has 0 saturated heterocycles. The van der Waals surface area contributed by atoms with Crippen molar-refractivity contribution in [3.63, 3.8) is 0 Å². The number of hydrogen-bond donors (Lipinski definition) is 1. The second-order valence-electron chi connectivity index (χ2n) is 3.87. The molecule has 0 amide bonds. The molecule has 0 aliphatic carbocycles. The molecule has 0 saturated carbocycles. The van der Waals surface area contributed by atoms with Crippen molar-refractivity contribution in [2.24, 2.45) is 0 Å². The van der Waals surface area contributed by atoms with Crippen molar-refractivity contribution in [1.29, 1.82) is 0 Å². The van der Waals surface area contributed by atoms with Gasteiger partial charge in [-0.15, -0.1) is 0 Å². The number of aliphatic carboxylic acids is 1. The van der Waals surface area contributed by atoms with Gasteiger partial charge in [0.1, 0.15) is 13.2 Å². The first-order valence-electron chi connectivity index (χ1n) is 4.51.